The second-order valence-corrected chi connectivity index (χ2v) is 7.23. The minimum atomic E-state index is 0.110. The normalized spacial score (nSPS) is 17.9. The Hall–Kier alpha value is -2.40. The lowest BCUT2D eigenvalue weighted by Gasteiger charge is -2.32. The molecule has 1 aliphatic heterocycles. The zero-order valence-corrected chi connectivity index (χ0v) is 14.9. The van der Waals surface area contributed by atoms with Crippen LogP contribution in [0.4, 0.5) is 0 Å². The van der Waals surface area contributed by atoms with E-state index in [1.165, 1.54) is 12.8 Å². The molecule has 0 bridgehead atoms. The fourth-order valence-electron chi connectivity index (χ4n) is 3.33. The molecular weight excluding hydrogens is 326 g/mol. The number of nitrogens with one attached hydrogen (secondary N) is 1. The molecule has 1 amide bonds. The van der Waals surface area contributed by atoms with Gasteiger partial charge < -0.3 is 15.0 Å². The number of carbonyl (C=O) groups is 1. The summed E-state index contributed by atoms with van der Waals surface area (Å²) in [5, 5.41) is 3.65. The summed E-state index contributed by atoms with van der Waals surface area (Å²) in [5.74, 6) is 2.41. The van der Waals surface area contributed by atoms with Crippen molar-refractivity contribution in [2.45, 2.75) is 31.7 Å². The molecule has 26 heavy (non-hydrogen) atoms. The van der Waals surface area contributed by atoms with Gasteiger partial charge in [-0.2, -0.15) is 0 Å². The third-order valence-corrected chi connectivity index (χ3v) is 5.15. The minimum absolute atomic E-state index is 0.110. The molecule has 5 heteroatoms. The van der Waals surface area contributed by atoms with E-state index in [2.05, 4.69) is 10.3 Å². The summed E-state index contributed by atoms with van der Waals surface area (Å²) in [4.78, 5) is 18.7. The highest BCUT2D eigenvalue weighted by atomic mass is 16.5. The van der Waals surface area contributed by atoms with Crippen molar-refractivity contribution in [2.24, 2.45) is 5.92 Å². The summed E-state index contributed by atoms with van der Waals surface area (Å²) >= 11 is 0. The zero-order chi connectivity index (χ0) is 17.8. The highest BCUT2D eigenvalue weighted by Crippen LogP contribution is 2.28. The van der Waals surface area contributed by atoms with E-state index in [0.29, 0.717) is 23.1 Å². The Morgan fingerprint density at radius 2 is 1.85 bits per heavy atom. The summed E-state index contributed by atoms with van der Waals surface area (Å²) in [7, 11) is 0. The highest BCUT2D eigenvalue weighted by Gasteiger charge is 2.26. The Labute approximate surface area is 154 Å². The molecule has 1 N–H and O–H groups in total. The SMILES string of the molecule is O=C(c1ccc(Oc2cccnc2)cc1)N1CCC(NCC2CC2)CC1. The Morgan fingerprint density at radius 1 is 1.08 bits per heavy atom. The van der Waals surface area contributed by atoms with Gasteiger partial charge >= 0.3 is 0 Å². The van der Waals surface area contributed by atoms with Crippen molar-refractivity contribution in [1.29, 1.82) is 0 Å². The van der Waals surface area contributed by atoms with Crippen LogP contribution in [0.1, 0.15) is 36.0 Å². The van der Waals surface area contributed by atoms with Crippen LogP contribution in [-0.4, -0.2) is 41.5 Å². The quantitative estimate of drug-likeness (QED) is 0.866. The van der Waals surface area contributed by atoms with Crippen molar-refractivity contribution in [3.05, 3.63) is 54.4 Å². The molecule has 4 rings (SSSR count). The largest absolute Gasteiger partial charge is 0.456 e. The van der Waals surface area contributed by atoms with Crippen molar-refractivity contribution < 1.29 is 9.53 Å². The number of nitrogens with zero attached hydrogens (tertiary/aromatic N) is 2. The number of benzene rings is 1. The van der Waals surface area contributed by atoms with Crippen molar-refractivity contribution in [3.8, 4) is 11.5 Å². The number of hydrogen-bond acceptors (Lipinski definition) is 4. The smallest absolute Gasteiger partial charge is 0.253 e. The summed E-state index contributed by atoms with van der Waals surface area (Å²) in [6, 6.07) is 11.6. The van der Waals surface area contributed by atoms with Gasteiger partial charge in [0.05, 0.1) is 6.20 Å². The molecule has 1 aromatic carbocycles. The van der Waals surface area contributed by atoms with Gasteiger partial charge in [-0.15, -0.1) is 0 Å². The first-order valence-electron chi connectivity index (χ1n) is 9.48. The summed E-state index contributed by atoms with van der Waals surface area (Å²) in [6.07, 6.45) is 8.22. The second-order valence-electron chi connectivity index (χ2n) is 7.23. The monoisotopic (exact) mass is 351 g/mol. The maximum absolute atomic E-state index is 12.7. The van der Waals surface area contributed by atoms with E-state index in [1.807, 2.05) is 41.3 Å². The lowest BCUT2D eigenvalue weighted by Crippen LogP contribution is -2.45. The first kappa shape index (κ1) is 17.0. The molecule has 136 valence electrons. The predicted molar refractivity (Wildman–Crippen MR) is 100 cm³/mol. The van der Waals surface area contributed by atoms with Crippen molar-refractivity contribution in [1.82, 2.24) is 15.2 Å². The zero-order valence-electron chi connectivity index (χ0n) is 14.9. The van der Waals surface area contributed by atoms with Crippen molar-refractivity contribution in [2.75, 3.05) is 19.6 Å². The molecule has 0 spiro atoms. The maximum atomic E-state index is 12.7. The van der Waals surface area contributed by atoms with E-state index < -0.39 is 0 Å². The number of likely N-dealkylation sites (tertiary alicyclic amines) is 1. The van der Waals surface area contributed by atoms with E-state index in [0.717, 1.165) is 38.4 Å². The van der Waals surface area contributed by atoms with Gasteiger partial charge in [0.2, 0.25) is 0 Å². The standard InChI is InChI=1S/C21H25N3O2/c25-21(24-12-9-18(10-13-24)23-14-16-3-4-16)17-5-7-19(8-6-17)26-20-2-1-11-22-15-20/h1-2,5-8,11,15-16,18,23H,3-4,9-10,12-14H2. The number of pyridine rings is 1. The van der Waals surface area contributed by atoms with Crippen LogP contribution >= 0.6 is 0 Å². The fourth-order valence-corrected chi connectivity index (χ4v) is 3.33. The van der Waals surface area contributed by atoms with Gasteiger partial charge in [0.15, 0.2) is 0 Å². The minimum Gasteiger partial charge on any atom is -0.456 e. The average molecular weight is 351 g/mol. The molecule has 2 heterocycles. The van der Waals surface area contributed by atoms with E-state index in [1.54, 1.807) is 12.4 Å². The number of aromatic nitrogens is 1. The number of rotatable bonds is 6. The molecule has 2 aromatic rings. The van der Waals surface area contributed by atoms with Crippen LogP contribution in [0.2, 0.25) is 0 Å². The molecule has 2 aliphatic rings. The molecule has 1 aromatic heterocycles. The van der Waals surface area contributed by atoms with Crippen LogP contribution in [0.15, 0.2) is 48.8 Å². The number of hydrogen-bond donors (Lipinski definition) is 1. The van der Waals surface area contributed by atoms with E-state index in [-0.39, 0.29) is 5.91 Å². The maximum Gasteiger partial charge on any atom is 0.253 e. The van der Waals surface area contributed by atoms with Crippen LogP contribution in [0.3, 0.4) is 0 Å². The first-order valence-corrected chi connectivity index (χ1v) is 9.48. The third-order valence-electron chi connectivity index (χ3n) is 5.15. The van der Waals surface area contributed by atoms with Gasteiger partial charge in [-0.05, 0) is 74.5 Å². The molecule has 2 fully saturated rings. The first-order chi connectivity index (χ1) is 12.8. The van der Waals surface area contributed by atoms with E-state index >= 15 is 0 Å². The molecule has 1 saturated heterocycles. The Morgan fingerprint density at radius 3 is 2.50 bits per heavy atom. The lowest BCUT2D eigenvalue weighted by atomic mass is 10.0. The van der Waals surface area contributed by atoms with Crippen LogP contribution < -0.4 is 10.1 Å². The van der Waals surface area contributed by atoms with Gasteiger partial charge in [-0.3, -0.25) is 9.78 Å². The van der Waals surface area contributed by atoms with Crippen LogP contribution in [0.25, 0.3) is 0 Å². The van der Waals surface area contributed by atoms with E-state index in [9.17, 15) is 4.79 Å². The molecular formula is C21H25N3O2. The van der Waals surface area contributed by atoms with Crippen molar-refractivity contribution in [3.63, 3.8) is 0 Å². The van der Waals surface area contributed by atoms with Gasteiger partial charge in [-0.25, -0.2) is 0 Å². The summed E-state index contributed by atoms with van der Waals surface area (Å²) < 4.78 is 5.73. The molecule has 0 radical (unpaired) electrons. The molecule has 1 saturated carbocycles. The summed E-state index contributed by atoms with van der Waals surface area (Å²) in [5.41, 5.74) is 0.716. The average Bonchev–Trinajstić information content (AvgIpc) is 3.52. The van der Waals surface area contributed by atoms with Crippen LogP contribution in [0.5, 0.6) is 11.5 Å². The van der Waals surface area contributed by atoms with Crippen molar-refractivity contribution >= 4 is 5.91 Å². The Bertz CT molecular complexity index is 721. The van der Waals surface area contributed by atoms with Crippen LogP contribution in [-0.2, 0) is 0 Å². The Kier molecular flexibility index (Phi) is 5.16. The number of ether oxygens (including phenoxy) is 1. The van der Waals surface area contributed by atoms with E-state index in [4.69, 9.17) is 4.74 Å². The van der Waals surface area contributed by atoms with Gasteiger partial charge in [-0.1, -0.05) is 0 Å². The predicted octanol–water partition coefficient (Wildman–Crippen LogP) is 3.48. The summed E-state index contributed by atoms with van der Waals surface area (Å²) in [6.45, 7) is 2.81. The topological polar surface area (TPSA) is 54.5 Å². The second kappa shape index (κ2) is 7.87. The van der Waals surface area contributed by atoms with Crippen LogP contribution in [0, 0.1) is 5.92 Å². The van der Waals surface area contributed by atoms with Gasteiger partial charge in [0, 0.05) is 30.9 Å². The molecule has 5 nitrogen and oxygen atoms in total. The molecule has 1 aliphatic carbocycles. The van der Waals surface area contributed by atoms with Gasteiger partial charge in [0.1, 0.15) is 11.5 Å². The fraction of sp³-hybridized carbons (Fsp3) is 0.429. The highest BCUT2D eigenvalue weighted by molar-refractivity contribution is 5.94. The number of carbonyl (C=O) groups excluding carboxylic acids is 1. The molecule has 0 atom stereocenters. The lowest BCUT2D eigenvalue weighted by molar-refractivity contribution is 0.0705. The number of amides is 1. The number of piperidine rings is 1. The Balaban J connectivity index is 1.29. The molecule has 0 unspecified atom stereocenters. The van der Waals surface area contributed by atoms with Gasteiger partial charge in [0.25, 0.3) is 5.91 Å². The third kappa shape index (κ3) is 4.41.